The molecule has 1 N–H and O–H groups in total. The summed E-state index contributed by atoms with van der Waals surface area (Å²) < 4.78 is 4.83. The lowest BCUT2D eigenvalue weighted by Gasteiger charge is -2.28. The number of aryl methyl sites for hydroxylation is 1. The van der Waals surface area contributed by atoms with Gasteiger partial charge in [0.2, 0.25) is 0 Å². The Kier molecular flexibility index (Phi) is 4.43. The van der Waals surface area contributed by atoms with E-state index in [1.54, 1.807) is 19.2 Å². The van der Waals surface area contributed by atoms with Crippen LogP contribution in [0.4, 0.5) is 5.82 Å². The van der Waals surface area contributed by atoms with Gasteiger partial charge in [-0.1, -0.05) is 13.3 Å². The van der Waals surface area contributed by atoms with E-state index >= 15 is 0 Å². The molecule has 0 aliphatic heterocycles. The number of nitrogens with one attached hydrogen (secondary N) is 1. The van der Waals surface area contributed by atoms with E-state index in [1.165, 1.54) is 7.11 Å². The van der Waals surface area contributed by atoms with Gasteiger partial charge in [0.15, 0.2) is 0 Å². The highest BCUT2D eigenvalue weighted by Crippen LogP contribution is 2.20. The number of aromatic nitrogens is 2. The number of hydrogen-bond donors (Lipinski definition) is 1. The topological polar surface area (TPSA) is 64.1 Å². The minimum Gasteiger partial charge on any atom is -0.467 e. The summed E-state index contributed by atoms with van der Waals surface area (Å²) in [6.45, 7) is 5.65. The van der Waals surface area contributed by atoms with E-state index in [2.05, 4.69) is 15.3 Å². The Labute approximate surface area is 102 Å². The summed E-state index contributed by atoms with van der Waals surface area (Å²) in [6.07, 6.45) is 3.22. The quantitative estimate of drug-likeness (QED) is 0.793. The lowest BCUT2D eigenvalue weighted by atomic mass is 9.96. The molecule has 1 atom stereocenters. The van der Waals surface area contributed by atoms with Gasteiger partial charge in [-0.15, -0.1) is 0 Å². The van der Waals surface area contributed by atoms with Crippen LogP contribution in [0.1, 0.15) is 32.5 Å². The van der Waals surface area contributed by atoms with Crippen molar-refractivity contribution in [2.24, 2.45) is 0 Å². The van der Waals surface area contributed by atoms with Crippen molar-refractivity contribution < 1.29 is 9.53 Å². The number of anilines is 1. The van der Waals surface area contributed by atoms with Crippen LogP contribution < -0.4 is 5.32 Å². The SMILES string of the molecule is CCCC(C)(Nc1ccnc(C)n1)C(=O)OC. The van der Waals surface area contributed by atoms with Crippen molar-refractivity contribution in [1.82, 2.24) is 9.97 Å². The smallest absolute Gasteiger partial charge is 0.331 e. The van der Waals surface area contributed by atoms with E-state index in [4.69, 9.17) is 4.74 Å². The molecule has 0 aliphatic carbocycles. The lowest BCUT2D eigenvalue weighted by molar-refractivity contribution is -0.145. The first-order valence-corrected chi connectivity index (χ1v) is 5.68. The molecule has 0 aliphatic rings. The number of ether oxygens (including phenoxy) is 1. The van der Waals surface area contributed by atoms with Crippen LogP contribution >= 0.6 is 0 Å². The van der Waals surface area contributed by atoms with Gasteiger partial charge in [0.1, 0.15) is 17.2 Å². The fourth-order valence-corrected chi connectivity index (χ4v) is 1.75. The van der Waals surface area contributed by atoms with Crippen molar-refractivity contribution in [3.05, 3.63) is 18.1 Å². The number of esters is 1. The highest BCUT2D eigenvalue weighted by molar-refractivity contribution is 5.83. The van der Waals surface area contributed by atoms with Crippen molar-refractivity contribution in [2.45, 2.75) is 39.2 Å². The maximum atomic E-state index is 11.8. The summed E-state index contributed by atoms with van der Waals surface area (Å²) in [5.74, 6) is 1.02. The van der Waals surface area contributed by atoms with Crippen molar-refractivity contribution in [1.29, 1.82) is 0 Å². The molecule has 0 amide bonds. The first kappa shape index (κ1) is 13.4. The molecule has 1 aromatic rings. The maximum absolute atomic E-state index is 11.8. The lowest BCUT2D eigenvalue weighted by Crippen LogP contribution is -2.44. The van der Waals surface area contributed by atoms with Gasteiger partial charge in [0.25, 0.3) is 0 Å². The summed E-state index contributed by atoms with van der Waals surface area (Å²) in [4.78, 5) is 20.0. The minimum absolute atomic E-state index is 0.282. The number of methoxy groups -OCH3 is 1. The van der Waals surface area contributed by atoms with Gasteiger partial charge in [0.05, 0.1) is 7.11 Å². The zero-order chi connectivity index (χ0) is 12.9. The predicted octanol–water partition coefficient (Wildman–Crippen LogP) is 1.93. The summed E-state index contributed by atoms with van der Waals surface area (Å²) in [7, 11) is 1.39. The predicted molar refractivity (Wildman–Crippen MR) is 65.7 cm³/mol. The zero-order valence-electron chi connectivity index (χ0n) is 10.8. The van der Waals surface area contributed by atoms with E-state index in [0.717, 1.165) is 6.42 Å². The first-order chi connectivity index (χ1) is 8.01. The summed E-state index contributed by atoms with van der Waals surface area (Å²) >= 11 is 0. The number of hydrogen-bond acceptors (Lipinski definition) is 5. The average Bonchev–Trinajstić information content (AvgIpc) is 2.28. The fraction of sp³-hybridized carbons (Fsp3) is 0.583. The van der Waals surface area contributed by atoms with Crippen molar-refractivity contribution >= 4 is 11.8 Å². The number of nitrogens with zero attached hydrogens (tertiary/aromatic N) is 2. The maximum Gasteiger partial charge on any atom is 0.331 e. The molecule has 0 saturated carbocycles. The number of rotatable bonds is 5. The molecule has 1 aromatic heterocycles. The third kappa shape index (κ3) is 3.41. The molecule has 0 saturated heterocycles. The highest BCUT2D eigenvalue weighted by Gasteiger charge is 2.33. The van der Waals surface area contributed by atoms with Crippen LogP contribution in [-0.4, -0.2) is 28.6 Å². The van der Waals surface area contributed by atoms with E-state index in [0.29, 0.717) is 18.1 Å². The Morgan fingerprint density at radius 2 is 2.29 bits per heavy atom. The summed E-state index contributed by atoms with van der Waals surface area (Å²) in [6, 6.07) is 1.74. The largest absolute Gasteiger partial charge is 0.467 e. The van der Waals surface area contributed by atoms with Gasteiger partial charge in [-0.2, -0.15) is 0 Å². The van der Waals surface area contributed by atoms with Crippen molar-refractivity contribution in [3.8, 4) is 0 Å². The Hall–Kier alpha value is -1.65. The molecule has 17 heavy (non-hydrogen) atoms. The second-order valence-electron chi connectivity index (χ2n) is 4.19. The molecule has 1 heterocycles. The van der Waals surface area contributed by atoms with Gasteiger partial charge < -0.3 is 10.1 Å². The molecule has 0 aromatic carbocycles. The normalized spacial score (nSPS) is 13.9. The Balaban J connectivity index is 2.90. The fourth-order valence-electron chi connectivity index (χ4n) is 1.75. The molecule has 0 spiro atoms. The molecule has 0 bridgehead atoms. The van der Waals surface area contributed by atoms with E-state index in [-0.39, 0.29) is 5.97 Å². The van der Waals surface area contributed by atoms with E-state index in [9.17, 15) is 4.79 Å². The van der Waals surface area contributed by atoms with Crippen LogP contribution in [0.2, 0.25) is 0 Å². The summed E-state index contributed by atoms with van der Waals surface area (Å²) in [5, 5.41) is 3.12. The van der Waals surface area contributed by atoms with E-state index < -0.39 is 5.54 Å². The van der Waals surface area contributed by atoms with Gasteiger partial charge in [-0.25, -0.2) is 14.8 Å². The molecule has 5 nitrogen and oxygen atoms in total. The van der Waals surface area contributed by atoms with Gasteiger partial charge in [0, 0.05) is 6.20 Å². The standard InChI is InChI=1S/C12H19N3O2/c1-5-7-12(3,11(16)17-4)15-10-6-8-13-9(2)14-10/h6,8H,5,7H2,1-4H3,(H,13,14,15). The molecular weight excluding hydrogens is 218 g/mol. The monoisotopic (exact) mass is 237 g/mol. The van der Waals surface area contributed by atoms with Crippen LogP contribution in [0.15, 0.2) is 12.3 Å². The average molecular weight is 237 g/mol. The van der Waals surface area contributed by atoms with Gasteiger partial charge in [-0.3, -0.25) is 0 Å². The van der Waals surface area contributed by atoms with Crippen LogP contribution in [0, 0.1) is 6.92 Å². The van der Waals surface area contributed by atoms with Gasteiger partial charge in [-0.05, 0) is 26.3 Å². The van der Waals surface area contributed by atoms with Crippen molar-refractivity contribution in [2.75, 3.05) is 12.4 Å². The first-order valence-electron chi connectivity index (χ1n) is 5.68. The van der Waals surface area contributed by atoms with Crippen molar-refractivity contribution in [3.63, 3.8) is 0 Å². The van der Waals surface area contributed by atoms with Crippen LogP contribution in [0.3, 0.4) is 0 Å². The highest BCUT2D eigenvalue weighted by atomic mass is 16.5. The minimum atomic E-state index is -0.746. The Morgan fingerprint density at radius 3 is 2.82 bits per heavy atom. The Morgan fingerprint density at radius 1 is 1.59 bits per heavy atom. The third-order valence-electron chi connectivity index (χ3n) is 2.57. The number of carbonyl (C=O) groups is 1. The molecule has 1 unspecified atom stereocenters. The molecule has 94 valence electrons. The van der Waals surface area contributed by atoms with Crippen LogP contribution in [-0.2, 0) is 9.53 Å². The van der Waals surface area contributed by atoms with Crippen LogP contribution in [0.25, 0.3) is 0 Å². The molecular formula is C12H19N3O2. The van der Waals surface area contributed by atoms with Crippen LogP contribution in [0.5, 0.6) is 0 Å². The summed E-state index contributed by atoms with van der Waals surface area (Å²) in [5.41, 5.74) is -0.746. The zero-order valence-corrected chi connectivity index (χ0v) is 10.8. The molecule has 0 radical (unpaired) electrons. The second-order valence-corrected chi connectivity index (χ2v) is 4.19. The molecule has 5 heteroatoms. The Bertz CT molecular complexity index is 395. The molecule has 1 rings (SSSR count). The number of carbonyl (C=O) groups excluding carboxylic acids is 1. The molecule has 0 fully saturated rings. The van der Waals surface area contributed by atoms with Gasteiger partial charge >= 0.3 is 5.97 Å². The third-order valence-corrected chi connectivity index (χ3v) is 2.57. The second kappa shape index (κ2) is 5.61. The van der Waals surface area contributed by atoms with E-state index in [1.807, 2.05) is 13.8 Å².